The molecule has 0 saturated carbocycles. The summed E-state index contributed by atoms with van der Waals surface area (Å²) in [6, 6.07) is 15.5. The van der Waals surface area contributed by atoms with E-state index in [0.717, 1.165) is 22.9 Å². The summed E-state index contributed by atoms with van der Waals surface area (Å²) in [5, 5.41) is 5.31. The summed E-state index contributed by atoms with van der Waals surface area (Å²) in [4.78, 5) is 10.7. The van der Waals surface area contributed by atoms with Crippen molar-refractivity contribution in [1.82, 2.24) is 9.78 Å². The molecule has 0 atom stereocenters. The molecule has 0 N–H and O–H groups in total. The lowest BCUT2D eigenvalue weighted by molar-refractivity contribution is 0.112. The van der Waals surface area contributed by atoms with Gasteiger partial charge in [-0.3, -0.25) is 4.79 Å². The Bertz CT molecular complexity index is 671. The van der Waals surface area contributed by atoms with Crippen LogP contribution < -0.4 is 0 Å². The second kappa shape index (κ2) is 3.87. The Kier molecular flexibility index (Phi) is 2.22. The highest BCUT2D eigenvalue weighted by Gasteiger charge is 2.04. The zero-order valence-corrected chi connectivity index (χ0v) is 9.08. The molecule has 0 radical (unpaired) electrons. The summed E-state index contributed by atoms with van der Waals surface area (Å²) in [7, 11) is 0. The molecule has 3 nitrogen and oxygen atoms in total. The highest BCUT2D eigenvalue weighted by molar-refractivity contribution is 5.87. The number of aromatic nitrogens is 2. The van der Waals surface area contributed by atoms with Gasteiger partial charge in [0.05, 0.1) is 17.4 Å². The molecule has 0 aliphatic rings. The highest BCUT2D eigenvalue weighted by atomic mass is 16.1. The molecular weight excluding hydrogens is 212 g/mol. The molecule has 0 bridgehead atoms. The first-order valence-corrected chi connectivity index (χ1v) is 5.37. The van der Waals surface area contributed by atoms with E-state index in [1.54, 1.807) is 12.3 Å². The summed E-state index contributed by atoms with van der Waals surface area (Å²) < 4.78 is 1.86. The van der Waals surface area contributed by atoms with E-state index in [2.05, 4.69) is 5.10 Å². The fraction of sp³-hybridized carbons (Fsp3) is 0. The second-order valence-corrected chi connectivity index (χ2v) is 3.83. The first-order chi connectivity index (χ1) is 8.38. The van der Waals surface area contributed by atoms with Gasteiger partial charge in [-0.25, -0.2) is 4.68 Å². The van der Waals surface area contributed by atoms with E-state index < -0.39 is 0 Å². The van der Waals surface area contributed by atoms with Gasteiger partial charge in [-0.1, -0.05) is 18.2 Å². The lowest BCUT2D eigenvalue weighted by Crippen LogP contribution is -1.94. The predicted molar refractivity (Wildman–Crippen MR) is 66.5 cm³/mol. The van der Waals surface area contributed by atoms with Gasteiger partial charge in [0.1, 0.15) is 6.29 Å². The Morgan fingerprint density at radius 2 is 1.88 bits per heavy atom. The van der Waals surface area contributed by atoms with Crippen LogP contribution >= 0.6 is 0 Å². The number of nitrogens with zero attached hydrogens (tertiary/aromatic N) is 2. The van der Waals surface area contributed by atoms with Crippen LogP contribution in [0.3, 0.4) is 0 Å². The van der Waals surface area contributed by atoms with Crippen LogP contribution in [-0.4, -0.2) is 16.1 Å². The van der Waals surface area contributed by atoms with Gasteiger partial charge in [0.2, 0.25) is 0 Å². The number of para-hydroxylation sites is 1. The van der Waals surface area contributed by atoms with Crippen LogP contribution in [0.1, 0.15) is 10.4 Å². The lowest BCUT2D eigenvalue weighted by Gasteiger charge is -2.02. The Balaban J connectivity index is 2.22. The molecule has 0 fully saturated rings. The van der Waals surface area contributed by atoms with Crippen LogP contribution in [-0.2, 0) is 0 Å². The molecule has 3 aromatic rings. The number of hydrogen-bond donors (Lipinski definition) is 0. The number of fused-ring (bicyclic) bond motifs is 1. The summed E-state index contributed by atoms with van der Waals surface area (Å²) in [6.45, 7) is 0. The van der Waals surface area contributed by atoms with Gasteiger partial charge in [0.15, 0.2) is 0 Å². The smallest absolute Gasteiger partial charge is 0.150 e. The minimum Gasteiger partial charge on any atom is -0.298 e. The molecule has 3 rings (SSSR count). The fourth-order valence-corrected chi connectivity index (χ4v) is 1.90. The maximum Gasteiger partial charge on any atom is 0.150 e. The minimum absolute atomic E-state index is 0.671. The van der Waals surface area contributed by atoms with E-state index >= 15 is 0 Å². The maximum absolute atomic E-state index is 10.7. The molecule has 0 aliphatic carbocycles. The molecule has 17 heavy (non-hydrogen) atoms. The molecule has 0 aliphatic heterocycles. The topological polar surface area (TPSA) is 34.9 Å². The third kappa shape index (κ3) is 1.61. The van der Waals surface area contributed by atoms with Crippen LogP contribution in [0, 0.1) is 0 Å². The number of carbonyl (C=O) groups excluding carboxylic acids is 1. The zero-order chi connectivity index (χ0) is 11.7. The predicted octanol–water partition coefficient (Wildman–Crippen LogP) is 2.84. The second-order valence-electron chi connectivity index (χ2n) is 3.83. The fourth-order valence-electron chi connectivity index (χ4n) is 1.90. The molecule has 1 heterocycles. The molecular formula is C14H10N2O. The van der Waals surface area contributed by atoms with Crippen molar-refractivity contribution in [2.45, 2.75) is 0 Å². The third-order valence-corrected chi connectivity index (χ3v) is 2.73. The molecule has 1 aromatic heterocycles. The van der Waals surface area contributed by atoms with E-state index in [0.29, 0.717) is 5.56 Å². The Hall–Kier alpha value is -2.42. The molecule has 0 amide bonds. The summed E-state index contributed by atoms with van der Waals surface area (Å²) >= 11 is 0. The van der Waals surface area contributed by atoms with Crippen molar-refractivity contribution < 1.29 is 4.79 Å². The van der Waals surface area contributed by atoms with Crippen LogP contribution in [0.4, 0.5) is 0 Å². The standard InChI is InChI=1S/C14H10N2O/c17-10-11-6-7-14-12(8-11)9-15-16(14)13-4-2-1-3-5-13/h1-10H. The Labute approximate surface area is 98.3 Å². The van der Waals surface area contributed by atoms with Gasteiger partial charge < -0.3 is 0 Å². The third-order valence-electron chi connectivity index (χ3n) is 2.73. The summed E-state index contributed by atoms with van der Waals surface area (Å²) in [6.07, 6.45) is 2.62. The van der Waals surface area contributed by atoms with Crippen molar-refractivity contribution in [3.05, 3.63) is 60.3 Å². The van der Waals surface area contributed by atoms with Crippen molar-refractivity contribution in [3.63, 3.8) is 0 Å². The number of aldehydes is 1. The first-order valence-electron chi connectivity index (χ1n) is 5.37. The zero-order valence-electron chi connectivity index (χ0n) is 9.08. The van der Waals surface area contributed by atoms with Crippen molar-refractivity contribution in [3.8, 4) is 5.69 Å². The van der Waals surface area contributed by atoms with Crippen molar-refractivity contribution in [1.29, 1.82) is 0 Å². The van der Waals surface area contributed by atoms with Gasteiger partial charge in [0, 0.05) is 10.9 Å². The van der Waals surface area contributed by atoms with Crippen molar-refractivity contribution in [2.24, 2.45) is 0 Å². The molecule has 0 spiro atoms. The van der Waals surface area contributed by atoms with Gasteiger partial charge in [0.25, 0.3) is 0 Å². The lowest BCUT2D eigenvalue weighted by atomic mass is 10.2. The minimum atomic E-state index is 0.671. The Morgan fingerprint density at radius 3 is 2.65 bits per heavy atom. The van der Waals surface area contributed by atoms with Crippen molar-refractivity contribution in [2.75, 3.05) is 0 Å². The summed E-state index contributed by atoms with van der Waals surface area (Å²) in [5.41, 5.74) is 2.69. The average molecular weight is 222 g/mol. The Morgan fingerprint density at radius 1 is 1.06 bits per heavy atom. The van der Waals surface area contributed by atoms with Gasteiger partial charge >= 0.3 is 0 Å². The van der Waals surface area contributed by atoms with Crippen LogP contribution in [0.25, 0.3) is 16.6 Å². The van der Waals surface area contributed by atoms with E-state index in [1.807, 2.05) is 47.1 Å². The van der Waals surface area contributed by atoms with Gasteiger partial charge in [-0.15, -0.1) is 0 Å². The number of rotatable bonds is 2. The average Bonchev–Trinajstić information content (AvgIpc) is 2.82. The largest absolute Gasteiger partial charge is 0.298 e. The number of carbonyl (C=O) groups is 1. The molecule has 82 valence electrons. The first kappa shape index (κ1) is 9.78. The van der Waals surface area contributed by atoms with Crippen LogP contribution in [0.15, 0.2) is 54.7 Å². The van der Waals surface area contributed by atoms with Crippen molar-refractivity contribution >= 4 is 17.2 Å². The number of benzene rings is 2. The highest BCUT2D eigenvalue weighted by Crippen LogP contribution is 2.18. The monoisotopic (exact) mass is 222 g/mol. The number of hydrogen-bond acceptors (Lipinski definition) is 2. The van der Waals surface area contributed by atoms with E-state index in [-0.39, 0.29) is 0 Å². The van der Waals surface area contributed by atoms with Gasteiger partial charge in [-0.05, 0) is 30.3 Å². The molecule has 2 aromatic carbocycles. The van der Waals surface area contributed by atoms with Gasteiger partial charge in [-0.2, -0.15) is 5.10 Å². The van der Waals surface area contributed by atoms with Crippen LogP contribution in [0.5, 0.6) is 0 Å². The van der Waals surface area contributed by atoms with E-state index in [4.69, 9.17) is 0 Å². The summed E-state index contributed by atoms with van der Waals surface area (Å²) in [5.74, 6) is 0. The molecule has 0 saturated heterocycles. The molecule has 0 unspecified atom stereocenters. The normalized spacial score (nSPS) is 10.6. The molecule has 3 heteroatoms. The SMILES string of the molecule is O=Cc1ccc2c(cnn2-c2ccccc2)c1. The van der Waals surface area contributed by atoms with E-state index in [9.17, 15) is 4.79 Å². The maximum atomic E-state index is 10.7. The van der Waals surface area contributed by atoms with Crippen LogP contribution in [0.2, 0.25) is 0 Å². The quantitative estimate of drug-likeness (QED) is 0.625. The van der Waals surface area contributed by atoms with E-state index in [1.165, 1.54) is 0 Å².